The van der Waals surface area contributed by atoms with Crippen molar-refractivity contribution in [2.75, 3.05) is 30.9 Å². The van der Waals surface area contributed by atoms with Crippen molar-refractivity contribution < 1.29 is 13.5 Å². The molecule has 0 amide bonds. The molecule has 27 heavy (non-hydrogen) atoms. The Morgan fingerprint density at radius 2 is 1.78 bits per heavy atom. The molecule has 0 saturated carbocycles. The van der Waals surface area contributed by atoms with Crippen LogP contribution in [-0.2, 0) is 4.74 Å². The molecule has 0 fully saturated rings. The van der Waals surface area contributed by atoms with Gasteiger partial charge in [0.05, 0.1) is 5.69 Å². The van der Waals surface area contributed by atoms with Crippen LogP contribution in [0, 0.1) is 11.6 Å². The first-order valence-electron chi connectivity index (χ1n) is 8.55. The number of hydrogen-bond acceptors (Lipinski definition) is 5. The number of hydrogen-bond donors (Lipinski definition) is 2. The molecule has 1 aromatic heterocycles. The molecule has 0 saturated heterocycles. The minimum Gasteiger partial charge on any atom is -0.385 e. The average molecular weight is 370 g/mol. The van der Waals surface area contributed by atoms with E-state index >= 15 is 0 Å². The molecule has 140 valence electrons. The van der Waals surface area contributed by atoms with Crippen molar-refractivity contribution in [3.8, 4) is 11.3 Å². The third-order valence-corrected chi connectivity index (χ3v) is 3.80. The van der Waals surface area contributed by atoms with Crippen molar-refractivity contribution in [2.24, 2.45) is 0 Å². The molecule has 0 aliphatic rings. The number of nitrogens with zero attached hydrogens (tertiary/aromatic N) is 2. The van der Waals surface area contributed by atoms with Gasteiger partial charge in [-0.15, -0.1) is 0 Å². The second-order valence-electron chi connectivity index (χ2n) is 5.86. The smallest absolute Gasteiger partial charge is 0.229 e. The Balaban J connectivity index is 1.87. The number of anilines is 3. The van der Waals surface area contributed by atoms with E-state index in [9.17, 15) is 8.78 Å². The molecule has 7 heteroatoms. The normalized spacial score (nSPS) is 10.6. The van der Waals surface area contributed by atoms with Crippen LogP contribution in [0.1, 0.15) is 6.42 Å². The van der Waals surface area contributed by atoms with Crippen molar-refractivity contribution >= 4 is 17.5 Å². The number of ether oxygens (including phenoxy) is 1. The number of methoxy groups -OCH3 is 1. The topological polar surface area (TPSA) is 59.1 Å². The van der Waals surface area contributed by atoms with Crippen LogP contribution in [0.15, 0.2) is 54.6 Å². The van der Waals surface area contributed by atoms with Crippen LogP contribution in [0.2, 0.25) is 0 Å². The minimum absolute atomic E-state index is 0.289. The van der Waals surface area contributed by atoms with Gasteiger partial charge in [0.1, 0.15) is 5.82 Å². The first kappa shape index (κ1) is 18.7. The van der Waals surface area contributed by atoms with Crippen LogP contribution in [0.4, 0.5) is 26.2 Å². The number of halogens is 2. The Morgan fingerprint density at radius 3 is 2.52 bits per heavy atom. The maximum atomic E-state index is 13.5. The number of nitrogens with one attached hydrogen (secondary N) is 2. The van der Waals surface area contributed by atoms with Crippen LogP contribution in [0.25, 0.3) is 11.3 Å². The Kier molecular flexibility index (Phi) is 6.27. The second-order valence-corrected chi connectivity index (χ2v) is 5.86. The van der Waals surface area contributed by atoms with E-state index < -0.39 is 11.6 Å². The number of aromatic nitrogens is 2. The predicted molar refractivity (Wildman–Crippen MR) is 102 cm³/mol. The quantitative estimate of drug-likeness (QED) is 0.567. The van der Waals surface area contributed by atoms with Crippen LogP contribution in [0.3, 0.4) is 0 Å². The van der Waals surface area contributed by atoms with Crippen molar-refractivity contribution in [3.05, 3.63) is 66.2 Å². The highest BCUT2D eigenvalue weighted by atomic mass is 19.2. The van der Waals surface area contributed by atoms with Crippen LogP contribution < -0.4 is 10.6 Å². The summed E-state index contributed by atoms with van der Waals surface area (Å²) in [5.41, 5.74) is 2.00. The van der Waals surface area contributed by atoms with Gasteiger partial charge in [0.2, 0.25) is 5.95 Å². The lowest BCUT2D eigenvalue weighted by Crippen LogP contribution is -2.08. The summed E-state index contributed by atoms with van der Waals surface area (Å²) < 4.78 is 31.6. The van der Waals surface area contributed by atoms with Gasteiger partial charge in [0, 0.05) is 43.6 Å². The Hall–Kier alpha value is -3.06. The van der Waals surface area contributed by atoms with Gasteiger partial charge < -0.3 is 15.4 Å². The maximum Gasteiger partial charge on any atom is 0.229 e. The van der Waals surface area contributed by atoms with Crippen molar-refractivity contribution in [2.45, 2.75) is 6.42 Å². The van der Waals surface area contributed by atoms with E-state index in [0.29, 0.717) is 30.4 Å². The summed E-state index contributed by atoms with van der Waals surface area (Å²) in [6, 6.07) is 15.1. The van der Waals surface area contributed by atoms with Gasteiger partial charge in [-0.1, -0.05) is 30.3 Å². The summed E-state index contributed by atoms with van der Waals surface area (Å²) in [6.45, 7) is 1.33. The average Bonchev–Trinajstić information content (AvgIpc) is 2.69. The molecule has 0 bridgehead atoms. The molecule has 3 aromatic rings. The van der Waals surface area contributed by atoms with E-state index in [1.807, 2.05) is 36.4 Å². The van der Waals surface area contributed by atoms with E-state index in [-0.39, 0.29) is 5.95 Å². The van der Waals surface area contributed by atoms with Crippen molar-refractivity contribution in [1.82, 2.24) is 9.97 Å². The molecule has 2 aromatic carbocycles. The molecule has 0 unspecified atom stereocenters. The first-order chi connectivity index (χ1) is 13.2. The maximum absolute atomic E-state index is 13.5. The lowest BCUT2D eigenvalue weighted by molar-refractivity contribution is 0.198. The molecular weight excluding hydrogens is 350 g/mol. The highest BCUT2D eigenvalue weighted by Gasteiger charge is 2.09. The van der Waals surface area contributed by atoms with Gasteiger partial charge in [-0.2, -0.15) is 4.98 Å². The largest absolute Gasteiger partial charge is 0.385 e. The molecule has 0 radical (unpaired) electrons. The summed E-state index contributed by atoms with van der Waals surface area (Å²) in [7, 11) is 1.65. The van der Waals surface area contributed by atoms with Gasteiger partial charge >= 0.3 is 0 Å². The molecule has 0 spiro atoms. The highest BCUT2D eigenvalue weighted by Crippen LogP contribution is 2.23. The molecule has 3 rings (SSSR count). The lowest BCUT2D eigenvalue weighted by Gasteiger charge is -2.12. The molecule has 0 atom stereocenters. The summed E-state index contributed by atoms with van der Waals surface area (Å²) in [5.74, 6) is -0.918. The fourth-order valence-corrected chi connectivity index (χ4v) is 2.49. The van der Waals surface area contributed by atoms with Gasteiger partial charge in [-0.25, -0.2) is 13.8 Å². The Bertz CT molecular complexity index is 890. The van der Waals surface area contributed by atoms with Gasteiger partial charge in [-0.05, 0) is 18.6 Å². The van der Waals surface area contributed by atoms with Gasteiger partial charge in [0.25, 0.3) is 0 Å². The molecule has 1 heterocycles. The first-order valence-corrected chi connectivity index (χ1v) is 8.55. The predicted octanol–water partition coefficient (Wildman–Crippen LogP) is 4.61. The fourth-order valence-electron chi connectivity index (χ4n) is 2.49. The number of rotatable bonds is 8. The second kappa shape index (κ2) is 9.05. The molecular formula is C20H20F2N4O. The van der Waals surface area contributed by atoms with Crippen molar-refractivity contribution in [1.29, 1.82) is 0 Å². The van der Waals surface area contributed by atoms with E-state index in [0.717, 1.165) is 24.1 Å². The van der Waals surface area contributed by atoms with E-state index in [4.69, 9.17) is 4.74 Å². The summed E-state index contributed by atoms with van der Waals surface area (Å²) in [4.78, 5) is 8.91. The van der Waals surface area contributed by atoms with E-state index in [1.165, 1.54) is 6.07 Å². The number of benzene rings is 2. The summed E-state index contributed by atoms with van der Waals surface area (Å²) in [5, 5.41) is 6.16. The SMILES string of the molecule is COCCCNc1cc(-c2ccccc2)nc(Nc2ccc(F)c(F)c2)n1. The minimum atomic E-state index is -0.933. The molecule has 0 aliphatic carbocycles. The molecule has 5 nitrogen and oxygen atoms in total. The Labute approximate surface area is 156 Å². The van der Waals surface area contributed by atoms with Gasteiger partial charge in [-0.3, -0.25) is 0 Å². The summed E-state index contributed by atoms with van der Waals surface area (Å²) in [6.07, 6.45) is 0.826. The molecule has 0 aliphatic heterocycles. The highest BCUT2D eigenvalue weighted by molar-refractivity contribution is 5.66. The third kappa shape index (κ3) is 5.21. The van der Waals surface area contributed by atoms with Gasteiger partial charge in [0.15, 0.2) is 11.6 Å². The Morgan fingerprint density at radius 1 is 0.963 bits per heavy atom. The van der Waals surface area contributed by atoms with Crippen LogP contribution >= 0.6 is 0 Å². The van der Waals surface area contributed by atoms with E-state index in [2.05, 4.69) is 20.6 Å². The van der Waals surface area contributed by atoms with Crippen LogP contribution in [-0.4, -0.2) is 30.2 Å². The van der Waals surface area contributed by atoms with E-state index in [1.54, 1.807) is 7.11 Å². The zero-order chi connectivity index (χ0) is 19.1. The monoisotopic (exact) mass is 370 g/mol. The van der Waals surface area contributed by atoms with Crippen LogP contribution in [0.5, 0.6) is 0 Å². The fraction of sp³-hybridized carbons (Fsp3) is 0.200. The summed E-state index contributed by atoms with van der Waals surface area (Å²) >= 11 is 0. The standard InChI is InChI=1S/C20H20F2N4O/c1-27-11-5-10-23-19-13-18(14-6-3-2-4-7-14)25-20(26-19)24-15-8-9-16(21)17(22)12-15/h2-4,6-9,12-13H,5,10-11H2,1H3,(H2,23,24,25,26). The zero-order valence-corrected chi connectivity index (χ0v) is 14.9. The third-order valence-electron chi connectivity index (χ3n) is 3.80. The van der Waals surface area contributed by atoms with Crippen molar-refractivity contribution in [3.63, 3.8) is 0 Å². The molecule has 2 N–H and O–H groups in total. The zero-order valence-electron chi connectivity index (χ0n) is 14.9. The lowest BCUT2D eigenvalue weighted by atomic mass is 10.1.